The summed E-state index contributed by atoms with van der Waals surface area (Å²) in [6.45, 7) is 0. The number of hydrogen-bond donors (Lipinski definition) is 2. The van der Waals surface area contributed by atoms with Gasteiger partial charge in [0.25, 0.3) is 0 Å². The summed E-state index contributed by atoms with van der Waals surface area (Å²) >= 11 is 0.778. The van der Waals surface area contributed by atoms with Crippen LogP contribution in [0.15, 0.2) is 12.4 Å². The van der Waals surface area contributed by atoms with Crippen molar-refractivity contribution in [1.29, 1.82) is 0 Å². The molecule has 1 aromatic heterocycles. The smallest absolute Gasteiger partial charge is 0.433 e. The molecule has 1 unspecified atom stereocenters. The topological polar surface area (TPSA) is 89.1 Å². The average Bonchev–Trinajstić information content (AvgIpc) is 2.25. The van der Waals surface area contributed by atoms with Gasteiger partial charge in [-0.05, 0) is 6.07 Å². The van der Waals surface area contributed by atoms with Crippen LogP contribution in [-0.4, -0.2) is 26.8 Å². The number of thioether (sulfide) groups is 1. The molecule has 94 valence electrons. The van der Waals surface area contributed by atoms with E-state index in [2.05, 4.69) is 9.97 Å². The van der Waals surface area contributed by atoms with Crippen molar-refractivity contribution in [3.8, 4) is 0 Å². The van der Waals surface area contributed by atoms with Gasteiger partial charge in [-0.25, -0.2) is 9.97 Å². The maximum absolute atomic E-state index is 12.3. The number of alkyl halides is 3. The largest absolute Gasteiger partial charge is 0.481 e. The molecule has 1 atom stereocenters. The number of aliphatic carboxylic acids is 1. The molecule has 0 fully saturated rings. The fourth-order valence-electron chi connectivity index (χ4n) is 0.929. The molecule has 3 N–H and O–H groups in total. The van der Waals surface area contributed by atoms with Gasteiger partial charge in [0, 0.05) is 0 Å². The van der Waals surface area contributed by atoms with Gasteiger partial charge >= 0.3 is 12.1 Å². The van der Waals surface area contributed by atoms with Crippen LogP contribution >= 0.6 is 11.8 Å². The fraction of sp³-hybridized carbons (Fsp3) is 0.375. The summed E-state index contributed by atoms with van der Waals surface area (Å²) in [5.41, 5.74) is 4.34. The number of aromatic nitrogens is 2. The van der Waals surface area contributed by atoms with Gasteiger partial charge in [0.2, 0.25) is 0 Å². The molecule has 0 aromatic carbocycles. The van der Waals surface area contributed by atoms with Crippen molar-refractivity contribution in [2.75, 3.05) is 5.75 Å². The highest BCUT2D eigenvalue weighted by molar-refractivity contribution is 8.00. The van der Waals surface area contributed by atoms with Crippen LogP contribution in [0.4, 0.5) is 13.2 Å². The van der Waals surface area contributed by atoms with Crippen molar-refractivity contribution >= 4 is 17.7 Å². The van der Waals surface area contributed by atoms with E-state index in [4.69, 9.17) is 10.8 Å². The molecule has 0 saturated carbocycles. The Balaban J connectivity index is 2.81. The summed E-state index contributed by atoms with van der Waals surface area (Å²) in [4.78, 5) is 16.9. The minimum atomic E-state index is -4.57. The second-order valence-electron chi connectivity index (χ2n) is 2.95. The molecule has 9 heteroatoms. The van der Waals surface area contributed by atoms with Crippen molar-refractivity contribution in [3.05, 3.63) is 23.8 Å². The van der Waals surface area contributed by atoms with Gasteiger partial charge in [-0.3, -0.25) is 4.79 Å². The highest BCUT2D eigenvalue weighted by Crippen LogP contribution is 2.29. The van der Waals surface area contributed by atoms with Crippen LogP contribution in [0, 0.1) is 0 Å². The van der Waals surface area contributed by atoms with Gasteiger partial charge in [0.05, 0.1) is 16.8 Å². The maximum Gasteiger partial charge on any atom is 0.433 e. The summed E-state index contributed by atoms with van der Waals surface area (Å²) in [7, 11) is 0. The number of carboxylic acids is 1. The summed E-state index contributed by atoms with van der Waals surface area (Å²) in [5.74, 6) is -1.41. The van der Waals surface area contributed by atoms with Crippen molar-refractivity contribution in [3.63, 3.8) is 0 Å². The molecular formula is C8H8F3N3O2S. The Labute approximate surface area is 98.2 Å². The maximum atomic E-state index is 12.3. The molecule has 0 spiro atoms. The second-order valence-corrected chi connectivity index (χ2v) is 4.08. The molecule has 0 bridgehead atoms. The Morgan fingerprint density at radius 2 is 2.18 bits per heavy atom. The Hall–Kier alpha value is -1.35. The molecule has 0 amide bonds. The Morgan fingerprint density at radius 3 is 2.71 bits per heavy atom. The first kappa shape index (κ1) is 13.7. The lowest BCUT2D eigenvalue weighted by molar-refractivity contribution is -0.141. The third-order valence-corrected chi connectivity index (χ3v) is 2.67. The third-order valence-electron chi connectivity index (χ3n) is 1.66. The lowest BCUT2D eigenvalue weighted by Crippen LogP contribution is -2.15. The molecule has 0 saturated heterocycles. The number of rotatable bonds is 4. The van der Waals surface area contributed by atoms with Gasteiger partial charge in [0.1, 0.15) is 12.0 Å². The summed E-state index contributed by atoms with van der Waals surface area (Å²) in [5, 5.41) is 7.47. The van der Waals surface area contributed by atoms with Crippen LogP contribution in [0.2, 0.25) is 0 Å². The highest BCUT2D eigenvalue weighted by Gasteiger charge is 2.33. The van der Waals surface area contributed by atoms with Crippen LogP contribution in [-0.2, 0) is 11.0 Å². The monoisotopic (exact) mass is 267 g/mol. The lowest BCUT2D eigenvalue weighted by atomic mass is 10.3. The van der Waals surface area contributed by atoms with Crippen LogP contribution < -0.4 is 5.73 Å². The summed E-state index contributed by atoms with van der Waals surface area (Å²) in [6.07, 6.45) is -3.83. The van der Waals surface area contributed by atoms with E-state index in [1.54, 1.807) is 0 Å². The first-order valence-corrected chi connectivity index (χ1v) is 5.33. The van der Waals surface area contributed by atoms with E-state index < -0.39 is 23.2 Å². The number of nitrogens with zero attached hydrogens (tertiary/aromatic N) is 2. The molecular weight excluding hydrogens is 259 g/mol. The normalized spacial score (nSPS) is 13.4. The fourth-order valence-corrected chi connectivity index (χ4v) is 1.55. The van der Waals surface area contributed by atoms with E-state index in [1.165, 1.54) is 0 Å². The molecule has 0 aliphatic carbocycles. The van der Waals surface area contributed by atoms with Crippen molar-refractivity contribution in [2.24, 2.45) is 5.73 Å². The number of carbonyl (C=O) groups is 1. The third kappa shape index (κ3) is 4.19. The van der Waals surface area contributed by atoms with Crippen molar-refractivity contribution in [2.45, 2.75) is 11.6 Å². The molecule has 1 rings (SSSR count). The van der Waals surface area contributed by atoms with E-state index in [-0.39, 0.29) is 11.4 Å². The van der Waals surface area contributed by atoms with Gasteiger partial charge in [-0.15, -0.1) is 11.8 Å². The van der Waals surface area contributed by atoms with Crippen molar-refractivity contribution in [1.82, 2.24) is 9.97 Å². The molecule has 0 aliphatic heterocycles. The van der Waals surface area contributed by atoms with E-state index in [9.17, 15) is 18.0 Å². The zero-order valence-corrected chi connectivity index (χ0v) is 9.13. The minimum Gasteiger partial charge on any atom is -0.481 e. The SMILES string of the molecule is NC(SCC(=O)O)c1cc(C(F)(F)F)ncn1. The first-order chi connectivity index (χ1) is 7.80. The van der Waals surface area contributed by atoms with E-state index in [1.807, 2.05) is 0 Å². The quantitative estimate of drug-likeness (QED) is 0.798. The Bertz CT molecular complexity index is 413. The van der Waals surface area contributed by atoms with Crippen LogP contribution in [0.3, 0.4) is 0 Å². The molecule has 1 heterocycles. The number of halogens is 3. The number of hydrogen-bond acceptors (Lipinski definition) is 5. The summed E-state index contributed by atoms with van der Waals surface area (Å²) < 4.78 is 36.9. The van der Waals surface area contributed by atoms with Gasteiger partial charge in [0.15, 0.2) is 0 Å². The molecule has 0 radical (unpaired) electrons. The van der Waals surface area contributed by atoms with E-state index in [0.717, 1.165) is 18.1 Å². The number of carboxylic acid groups (broad SMARTS) is 1. The zero-order valence-electron chi connectivity index (χ0n) is 8.31. The van der Waals surface area contributed by atoms with Crippen LogP contribution in [0.5, 0.6) is 0 Å². The molecule has 0 aliphatic rings. The molecule has 1 aromatic rings. The lowest BCUT2D eigenvalue weighted by Gasteiger charge is -2.11. The number of nitrogens with two attached hydrogens (primary N) is 1. The Morgan fingerprint density at radius 1 is 1.53 bits per heavy atom. The molecule has 17 heavy (non-hydrogen) atoms. The average molecular weight is 267 g/mol. The van der Waals surface area contributed by atoms with Gasteiger partial charge < -0.3 is 10.8 Å². The standard InChI is InChI=1S/C8H8F3N3O2S/c9-8(10,11)5-1-4(13-3-14-5)7(12)17-2-6(15)16/h1,3,7H,2,12H2,(H,15,16). The predicted molar refractivity (Wildman–Crippen MR) is 54.1 cm³/mol. The summed E-state index contributed by atoms with van der Waals surface area (Å²) in [6, 6.07) is 0.708. The van der Waals surface area contributed by atoms with Crippen molar-refractivity contribution < 1.29 is 23.1 Å². The second kappa shape index (κ2) is 5.32. The zero-order chi connectivity index (χ0) is 13.1. The predicted octanol–water partition coefficient (Wildman–Crippen LogP) is 1.27. The van der Waals surface area contributed by atoms with Crippen LogP contribution in [0.25, 0.3) is 0 Å². The minimum absolute atomic E-state index is 0.0569. The van der Waals surface area contributed by atoms with E-state index in [0.29, 0.717) is 6.07 Å². The van der Waals surface area contributed by atoms with Gasteiger partial charge in [-0.1, -0.05) is 0 Å². The van der Waals surface area contributed by atoms with Crippen LogP contribution in [0.1, 0.15) is 16.8 Å². The van der Waals surface area contributed by atoms with E-state index >= 15 is 0 Å². The van der Waals surface area contributed by atoms with Gasteiger partial charge in [-0.2, -0.15) is 13.2 Å². The molecule has 5 nitrogen and oxygen atoms in total. The highest BCUT2D eigenvalue weighted by atomic mass is 32.2. The Kier molecular flexibility index (Phi) is 4.29. The first-order valence-electron chi connectivity index (χ1n) is 4.29.